The second-order valence-corrected chi connectivity index (χ2v) is 3.00. The number of rotatable bonds is 6. The zero-order valence-corrected chi connectivity index (χ0v) is 8.08. The van der Waals surface area contributed by atoms with Crippen molar-refractivity contribution in [2.75, 3.05) is 26.1 Å². The quantitative estimate of drug-likeness (QED) is 0.688. The topological polar surface area (TPSA) is 21.3 Å². The van der Waals surface area contributed by atoms with Gasteiger partial charge in [0.05, 0.1) is 13.2 Å². The molecule has 0 radical (unpaired) electrons. The highest BCUT2D eigenvalue weighted by Crippen LogP contribution is 2.13. The van der Waals surface area contributed by atoms with Gasteiger partial charge < -0.3 is 10.1 Å². The summed E-state index contributed by atoms with van der Waals surface area (Å²) in [5, 5.41) is 2.33. The van der Waals surface area contributed by atoms with Crippen LogP contribution in [0.3, 0.4) is 0 Å². The monoisotopic (exact) mass is 219 g/mol. The van der Waals surface area contributed by atoms with Crippen LogP contribution in [0.2, 0.25) is 0 Å². The fourth-order valence-electron chi connectivity index (χ4n) is 0.837. The first-order valence-corrected chi connectivity index (χ1v) is 4.38. The van der Waals surface area contributed by atoms with Crippen LogP contribution in [0.4, 0.5) is 13.2 Å². The SMILES string of the molecule is COCC(CCCl)NCC(F)(F)F. The van der Waals surface area contributed by atoms with Gasteiger partial charge in [-0.1, -0.05) is 0 Å². The van der Waals surface area contributed by atoms with Crippen LogP contribution in [0.5, 0.6) is 0 Å². The number of hydrogen-bond acceptors (Lipinski definition) is 2. The fourth-order valence-corrected chi connectivity index (χ4v) is 1.10. The molecule has 0 fully saturated rings. The van der Waals surface area contributed by atoms with Crippen LogP contribution in [0, 0.1) is 0 Å². The van der Waals surface area contributed by atoms with Gasteiger partial charge in [-0.3, -0.25) is 0 Å². The molecule has 0 amide bonds. The predicted molar refractivity (Wildman–Crippen MR) is 45.1 cm³/mol. The summed E-state index contributed by atoms with van der Waals surface area (Å²) >= 11 is 5.41. The summed E-state index contributed by atoms with van der Waals surface area (Å²) in [5.41, 5.74) is 0. The first kappa shape index (κ1) is 13.0. The van der Waals surface area contributed by atoms with E-state index in [2.05, 4.69) is 5.32 Å². The van der Waals surface area contributed by atoms with Gasteiger partial charge >= 0.3 is 6.18 Å². The van der Waals surface area contributed by atoms with Crippen molar-refractivity contribution >= 4 is 11.6 Å². The molecular weight excluding hydrogens is 207 g/mol. The largest absolute Gasteiger partial charge is 0.401 e. The molecule has 0 bridgehead atoms. The summed E-state index contributed by atoms with van der Waals surface area (Å²) in [6, 6.07) is -0.330. The molecule has 80 valence electrons. The van der Waals surface area contributed by atoms with Crippen molar-refractivity contribution in [2.24, 2.45) is 0 Å². The molecule has 6 heteroatoms. The van der Waals surface area contributed by atoms with Crippen molar-refractivity contribution in [3.8, 4) is 0 Å². The van der Waals surface area contributed by atoms with Crippen molar-refractivity contribution in [3.05, 3.63) is 0 Å². The van der Waals surface area contributed by atoms with Crippen LogP contribution < -0.4 is 5.32 Å². The van der Waals surface area contributed by atoms with Gasteiger partial charge in [-0.2, -0.15) is 13.2 Å². The van der Waals surface area contributed by atoms with E-state index >= 15 is 0 Å². The van der Waals surface area contributed by atoms with Gasteiger partial charge in [0.25, 0.3) is 0 Å². The Morgan fingerprint density at radius 1 is 1.46 bits per heavy atom. The maximum absolute atomic E-state index is 11.8. The Balaban J connectivity index is 3.68. The third kappa shape index (κ3) is 8.33. The Morgan fingerprint density at radius 3 is 2.46 bits per heavy atom. The maximum atomic E-state index is 11.8. The first-order valence-electron chi connectivity index (χ1n) is 3.84. The number of alkyl halides is 4. The van der Waals surface area contributed by atoms with Crippen LogP contribution in [0.15, 0.2) is 0 Å². The highest BCUT2D eigenvalue weighted by molar-refractivity contribution is 6.17. The molecule has 0 aliphatic carbocycles. The summed E-state index contributed by atoms with van der Waals surface area (Å²) < 4.78 is 40.0. The summed E-state index contributed by atoms with van der Waals surface area (Å²) in [5.74, 6) is 0.318. The standard InChI is InChI=1S/C7H13ClF3NO/c1-13-4-6(2-3-8)12-5-7(9,10)11/h6,12H,2-5H2,1H3. The van der Waals surface area contributed by atoms with Gasteiger partial charge in [0.15, 0.2) is 0 Å². The minimum atomic E-state index is -4.18. The highest BCUT2D eigenvalue weighted by Gasteiger charge is 2.27. The molecule has 0 aromatic rings. The van der Waals surface area contributed by atoms with Crippen LogP contribution in [0.25, 0.3) is 0 Å². The summed E-state index contributed by atoms with van der Waals surface area (Å²) in [4.78, 5) is 0. The average molecular weight is 220 g/mol. The van der Waals surface area contributed by atoms with E-state index in [0.717, 1.165) is 0 Å². The zero-order valence-electron chi connectivity index (χ0n) is 7.33. The molecule has 0 heterocycles. The van der Waals surface area contributed by atoms with Crippen LogP contribution in [-0.2, 0) is 4.74 Å². The second kappa shape index (κ2) is 6.45. The highest BCUT2D eigenvalue weighted by atomic mass is 35.5. The minimum Gasteiger partial charge on any atom is -0.383 e. The van der Waals surface area contributed by atoms with Crippen molar-refractivity contribution in [2.45, 2.75) is 18.6 Å². The van der Waals surface area contributed by atoms with E-state index in [0.29, 0.717) is 12.3 Å². The lowest BCUT2D eigenvalue weighted by Gasteiger charge is -2.17. The van der Waals surface area contributed by atoms with Gasteiger partial charge in [0, 0.05) is 19.0 Å². The molecule has 0 aromatic heterocycles. The van der Waals surface area contributed by atoms with Crippen molar-refractivity contribution in [1.82, 2.24) is 5.32 Å². The summed E-state index contributed by atoms with van der Waals surface area (Å²) in [6.45, 7) is -0.763. The Kier molecular flexibility index (Phi) is 6.45. The lowest BCUT2D eigenvalue weighted by Crippen LogP contribution is -2.39. The van der Waals surface area contributed by atoms with Gasteiger partial charge in [0.1, 0.15) is 0 Å². The molecule has 0 spiro atoms. The van der Waals surface area contributed by atoms with Gasteiger partial charge in [-0.05, 0) is 6.42 Å². The van der Waals surface area contributed by atoms with Crippen molar-refractivity contribution in [3.63, 3.8) is 0 Å². The third-order valence-electron chi connectivity index (χ3n) is 1.42. The molecule has 1 atom stereocenters. The number of ether oxygens (including phenoxy) is 1. The molecule has 0 rings (SSSR count). The smallest absolute Gasteiger partial charge is 0.383 e. The lowest BCUT2D eigenvalue weighted by atomic mass is 10.2. The molecule has 0 saturated heterocycles. The third-order valence-corrected chi connectivity index (χ3v) is 1.63. The molecule has 0 aromatic carbocycles. The Bertz CT molecular complexity index is 125. The van der Waals surface area contributed by atoms with Crippen molar-refractivity contribution < 1.29 is 17.9 Å². The molecular formula is C7H13ClF3NO. The van der Waals surface area contributed by atoms with Crippen LogP contribution in [0.1, 0.15) is 6.42 Å². The molecule has 0 aliphatic heterocycles. The zero-order chi connectivity index (χ0) is 10.3. The van der Waals surface area contributed by atoms with E-state index in [-0.39, 0.29) is 12.6 Å². The van der Waals surface area contributed by atoms with E-state index in [4.69, 9.17) is 16.3 Å². The van der Waals surface area contributed by atoms with Gasteiger partial charge in [-0.15, -0.1) is 11.6 Å². The fraction of sp³-hybridized carbons (Fsp3) is 1.00. The van der Waals surface area contributed by atoms with Crippen LogP contribution >= 0.6 is 11.6 Å². The van der Waals surface area contributed by atoms with E-state index in [1.54, 1.807) is 0 Å². The Hall–Kier alpha value is -0.0000000000000000555. The summed E-state index contributed by atoms with van der Waals surface area (Å²) in [6.07, 6.45) is -3.72. The van der Waals surface area contributed by atoms with Crippen molar-refractivity contribution in [1.29, 1.82) is 0 Å². The average Bonchev–Trinajstić information content (AvgIpc) is 2.00. The van der Waals surface area contributed by atoms with E-state index in [1.807, 2.05) is 0 Å². The number of nitrogens with one attached hydrogen (secondary N) is 1. The summed E-state index contributed by atoms with van der Waals surface area (Å²) in [7, 11) is 1.44. The maximum Gasteiger partial charge on any atom is 0.401 e. The Labute approximate surface area is 80.4 Å². The normalized spacial score (nSPS) is 14.5. The molecule has 0 aliphatic rings. The molecule has 1 unspecified atom stereocenters. The van der Waals surface area contributed by atoms with E-state index in [9.17, 15) is 13.2 Å². The number of methoxy groups -OCH3 is 1. The number of halogens is 4. The molecule has 13 heavy (non-hydrogen) atoms. The van der Waals surface area contributed by atoms with Gasteiger partial charge in [-0.25, -0.2) is 0 Å². The lowest BCUT2D eigenvalue weighted by molar-refractivity contribution is -0.126. The molecule has 1 N–H and O–H groups in total. The molecule has 0 saturated carbocycles. The minimum absolute atomic E-state index is 0.239. The second-order valence-electron chi connectivity index (χ2n) is 2.63. The van der Waals surface area contributed by atoms with E-state index in [1.165, 1.54) is 7.11 Å². The predicted octanol–water partition coefficient (Wildman–Crippen LogP) is 1.78. The van der Waals surface area contributed by atoms with Gasteiger partial charge in [0.2, 0.25) is 0 Å². The first-order chi connectivity index (χ1) is 5.99. The molecule has 2 nitrogen and oxygen atoms in total. The number of hydrogen-bond donors (Lipinski definition) is 1. The van der Waals surface area contributed by atoms with Crippen LogP contribution in [-0.4, -0.2) is 38.4 Å². The van der Waals surface area contributed by atoms with E-state index < -0.39 is 12.7 Å². The Morgan fingerprint density at radius 2 is 2.08 bits per heavy atom.